The minimum absolute atomic E-state index is 0.142. The second kappa shape index (κ2) is 7.60. The third kappa shape index (κ3) is 3.83. The molecular weight excluding hydrogens is 307 g/mol. The van der Waals surface area contributed by atoms with E-state index in [1.54, 1.807) is 18.2 Å². The molecule has 1 amide bonds. The molecule has 4 nitrogen and oxygen atoms in total. The van der Waals surface area contributed by atoms with Crippen LogP contribution in [0, 0.1) is 11.7 Å². The van der Waals surface area contributed by atoms with Crippen LogP contribution in [0.1, 0.15) is 37.7 Å². The van der Waals surface area contributed by atoms with Crippen molar-refractivity contribution in [3.63, 3.8) is 0 Å². The minimum atomic E-state index is -0.269. The summed E-state index contributed by atoms with van der Waals surface area (Å²) in [6.45, 7) is 4.79. The van der Waals surface area contributed by atoms with Gasteiger partial charge >= 0.3 is 0 Å². The molecule has 0 radical (unpaired) electrons. The van der Waals surface area contributed by atoms with Gasteiger partial charge in [0.2, 0.25) is 5.91 Å². The molecule has 2 aliphatic rings. The fraction of sp³-hybridized carbons (Fsp3) is 0.474. The molecule has 24 heavy (non-hydrogen) atoms. The Morgan fingerprint density at radius 2 is 2.04 bits per heavy atom. The van der Waals surface area contributed by atoms with Crippen molar-refractivity contribution in [2.24, 2.45) is 11.1 Å². The van der Waals surface area contributed by atoms with Gasteiger partial charge in [0.25, 0.3) is 0 Å². The number of carbonyl (C=O) groups is 1. The van der Waals surface area contributed by atoms with E-state index in [4.69, 9.17) is 4.84 Å². The van der Waals surface area contributed by atoms with Gasteiger partial charge in [0.15, 0.2) is 6.10 Å². The van der Waals surface area contributed by atoms with Crippen molar-refractivity contribution in [1.82, 2.24) is 4.90 Å². The summed E-state index contributed by atoms with van der Waals surface area (Å²) >= 11 is 0. The van der Waals surface area contributed by atoms with E-state index in [2.05, 4.69) is 11.7 Å². The van der Waals surface area contributed by atoms with Crippen LogP contribution in [-0.2, 0) is 9.63 Å². The Morgan fingerprint density at radius 3 is 2.71 bits per heavy atom. The summed E-state index contributed by atoms with van der Waals surface area (Å²) < 4.78 is 13.0. The van der Waals surface area contributed by atoms with Crippen LogP contribution in [0.15, 0.2) is 42.1 Å². The van der Waals surface area contributed by atoms with Crippen LogP contribution in [0.5, 0.6) is 0 Å². The molecule has 128 valence electrons. The molecule has 0 unspecified atom stereocenters. The zero-order valence-corrected chi connectivity index (χ0v) is 13.8. The average Bonchev–Trinajstić information content (AvgIpc) is 3.26. The summed E-state index contributed by atoms with van der Waals surface area (Å²) in [4.78, 5) is 20.0. The Balaban J connectivity index is 1.59. The fourth-order valence-electron chi connectivity index (χ4n) is 3.43. The van der Waals surface area contributed by atoms with E-state index >= 15 is 0 Å². The molecule has 0 bridgehead atoms. The highest BCUT2D eigenvalue weighted by molar-refractivity contribution is 6.01. The zero-order valence-electron chi connectivity index (χ0n) is 13.8. The fourth-order valence-corrected chi connectivity index (χ4v) is 3.43. The van der Waals surface area contributed by atoms with Crippen molar-refractivity contribution in [2.75, 3.05) is 13.1 Å². The van der Waals surface area contributed by atoms with Crippen LogP contribution in [0.25, 0.3) is 0 Å². The van der Waals surface area contributed by atoms with Gasteiger partial charge < -0.3 is 9.74 Å². The van der Waals surface area contributed by atoms with E-state index in [1.807, 2.05) is 4.90 Å². The summed E-state index contributed by atoms with van der Waals surface area (Å²) in [5.41, 5.74) is 1.66. The molecule has 1 aliphatic heterocycles. The maximum absolute atomic E-state index is 13.0. The van der Waals surface area contributed by atoms with Crippen molar-refractivity contribution >= 4 is 11.6 Å². The van der Waals surface area contributed by atoms with Crippen molar-refractivity contribution in [2.45, 2.75) is 38.2 Å². The molecule has 5 heteroatoms. The average molecular weight is 330 g/mol. The van der Waals surface area contributed by atoms with E-state index in [-0.39, 0.29) is 23.7 Å². The van der Waals surface area contributed by atoms with Gasteiger partial charge in [0.05, 0.1) is 12.3 Å². The Labute approximate surface area is 142 Å². The summed E-state index contributed by atoms with van der Waals surface area (Å²) in [7, 11) is 0. The molecule has 0 aromatic heterocycles. The van der Waals surface area contributed by atoms with Gasteiger partial charge in [-0.25, -0.2) is 4.39 Å². The lowest BCUT2D eigenvalue weighted by Crippen LogP contribution is -2.40. The Kier molecular flexibility index (Phi) is 5.28. The molecule has 1 saturated carbocycles. The Morgan fingerprint density at radius 1 is 1.33 bits per heavy atom. The number of hydrogen-bond acceptors (Lipinski definition) is 3. The van der Waals surface area contributed by atoms with Crippen molar-refractivity contribution in [1.29, 1.82) is 0 Å². The molecule has 1 atom stereocenters. The van der Waals surface area contributed by atoms with Crippen LogP contribution in [-0.4, -0.2) is 35.7 Å². The molecule has 3 rings (SSSR count). The first-order chi connectivity index (χ1) is 11.7. The second-order valence-electron chi connectivity index (χ2n) is 6.49. The highest BCUT2D eigenvalue weighted by atomic mass is 19.1. The quantitative estimate of drug-likeness (QED) is 0.749. The molecule has 0 spiro atoms. The molecule has 0 saturated heterocycles. The lowest BCUT2D eigenvalue weighted by molar-refractivity contribution is -0.136. The van der Waals surface area contributed by atoms with Crippen molar-refractivity contribution in [3.05, 3.63) is 48.3 Å². The monoisotopic (exact) mass is 330 g/mol. The van der Waals surface area contributed by atoms with Gasteiger partial charge in [-0.15, -0.1) is 6.58 Å². The number of carbonyl (C=O) groups excluding carboxylic acids is 1. The number of hydrogen-bond donors (Lipinski definition) is 0. The first kappa shape index (κ1) is 16.7. The highest BCUT2D eigenvalue weighted by Gasteiger charge is 2.30. The normalized spacial score (nSPS) is 20.5. The standard InChI is InChI=1S/C19H23FN2O2/c1-2-11-22(19(23)15-5-3-4-6-15)13-17-12-18(21-24-17)14-7-9-16(20)10-8-14/h2,7-10,15,17H,1,3-6,11-13H2/t17-/m1/s1. The third-order valence-corrected chi connectivity index (χ3v) is 4.70. The predicted octanol–water partition coefficient (Wildman–Crippen LogP) is 3.52. The van der Waals surface area contributed by atoms with Crippen LogP contribution in [0.2, 0.25) is 0 Å². The topological polar surface area (TPSA) is 41.9 Å². The number of benzene rings is 1. The van der Waals surface area contributed by atoms with Crippen LogP contribution in [0.3, 0.4) is 0 Å². The minimum Gasteiger partial charge on any atom is -0.390 e. The molecule has 1 aliphatic carbocycles. The molecule has 1 aromatic rings. The van der Waals surface area contributed by atoms with Gasteiger partial charge in [0.1, 0.15) is 5.82 Å². The maximum atomic E-state index is 13.0. The molecule has 1 aromatic carbocycles. The van der Waals surface area contributed by atoms with Crippen LogP contribution < -0.4 is 0 Å². The van der Waals surface area contributed by atoms with Gasteiger partial charge in [-0.1, -0.05) is 36.2 Å². The van der Waals surface area contributed by atoms with Gasteiger partial charge in [-0.05, 0) is 30.5 Å². The summed E-state index contributed by atoms with van der Waals surface area (Å²) in [6.07, 6.45) is 6.45. The van der Waals surface area contributed by atoms with Crippen molar-refractivity contribution in [3.8, 4) is 0 Å². The number of halogens is 1. The SMILES string of the molecule is C=CCN(C[C@H]1CC(c2ccc(F)cc2)=NO1)C(=O)C1CCCC1. The van der Waals surface area contributed by atoms with Gasteiger partial charge in [-0.3, -0.25) is 4.79 Å². The van der Waals surface area contributed by atoms with Crippen molar-refractivity contribution < 1.29 is 14.0 Å². The maximum Gasteiger partial charge on any atom is 0.226 e. The molecule has 1 heterocycles. The van der Waals surface area contributed by atoms with E-state index in [0.29, 0.717) is 19.5 Å². The van der Waals surface area contributed by atoms with E-state index < -0.39 is 0 Å². The molecular formula is C19H23FN2O2. The third-order valence-electron chi connectivity index (χ3n) is 4.70. The van der Waals surface area contributed by atoms with E-state index in [1.165, 1.54) is 12.1 Å². The zero-order chi connectivity index (χ0) is 16.9. The smallest absolute Gasteiger partial charge is 0.226 e. The summed E-state index contributed by atoms with van der Waals surface area (Å²) in [6, 6.07) is 6.23. The van der Waals surface area contributed by atoms with E-state index in [0.717, 1.165) is 37.0 Å². The van der Waals surface area contributed by atoms with Gasteiger partial charge in [0, 0.05) is 18.9 Å². The largest absolute Gasteiger partial charge is 0.390 e. The number of nitrogens with zero attached hydrogens (tertiary/aromatic N) is 2. The Hall–Kier alpha value is -2.17. The highest BCUT2D eigenvalue weighted by Crippen LogP contribution is 2.27. The van der Waals surface area contributed by atoms with Crippen LogP contribution in [0.4, 0.5) is 4.39 Å². The summed E-state index contributed by atoms with van der Waals surface area (Å²) in [5.74, 6) is 0.0733. The molecule has 1 fully saturated rings. The van der Waals surface area contributed by atoms with Gasteiger partial charge in [-0.2, -0.15) is 0 Å². The molecule has 0 N–H and O–H groups in total. The predicted molar refractivity (Wildman–Crippen MR) is 91.2 cm³/mol. The number of oxime groups is 1. The summed E-state index contributed by atoms with van der Waals surface area (Å²) in [5, 5.41) is 4.12. The Bertz CT molecular complexity index is 621. The first-order valence-corrected chi connectivity index (χ1v) is 8.55. The van der Waals surface area contributed by atoms with E-state index in [9.17, 15) is 9.18 Å². The lowest BCUT2D eigenvalue weighted by Gasteiger charge is -2.26. The first-order valence-electron chi connectivity index (χ1n) is 8.55. The second-order valence-corrected chi connectivity index (χ2v) is 6.49. The lowest BCUT2D eigenvalue weighted by atomic mass is 10.0. The van der Waals surface area contributed by atoms with Crippen LogP contribution >= 0.6 is 0 Å². The number of rotatable bonds is 6. The number of amides is 1.